The van der Waals surface area contributed by atoms with Gasteiger partial charge in [-0.3, -0.25) is 0 Å². The van der Waals surface area contributed by atoms with Crippen molar-refractivity contribution < 1.29 is 0 Å². The molecule has 0 saturated heterocycles. The van der Waals surface area contributed by atoms with Crippen LogP contribution in [0.4, 0.5) is 0 Å². The number of hydrogen-bond donors (Lipinski definition) is 0. The van der Waals surface area contributed by atoms with Crippen molar-refractivity contribution in [3.05, 3.63) is 235 Å². The summed E-state index contributed by atoms with van der Waals surface area (Å²) in [6.45, 7) is 0. The van der Waals surface area contributed by atoms with Gasteiger partial charge in [0.1, 0.15) is 0 Å². The Balaban J connectivity index is 1.04. The lowest BCUT2D eigenvalue weighted by Crippen LogP contribution is -2.26. The Hall–Kier alpha value is -7.75. The van der Waals surface area contributed by atoms with E-state index in [-0.39, 0.29) is 0 Å². The highest BCUT2D eigenvalue weighted by Crippen LogP contribution is 2.64. The number of aromatic nitrogens is 3. The molecular formula is C56H35N3. The van der Waals surface area contributed by atoms with E-state index in [1.54, 1.807) is 0 Å². The number of nitrogens with zero attached hydrogens (tertiary/aromatic N) is 3. The summed E-state index contributed by atoms with van der Waals surface area (Å²) in [5, 5.41) is 2.35. The smallest absolute Gasteiger partial charge is 0.160 e. The zero-order valence-electron chi connectivity index (χ0n) is 32.0. The second-order valence-corrected chi connectivity index (χ2v) is 15.5. The molecule has 0 amide bonds. The van der Waals surface area contributed by atoms with Crippen molar-refractivity contribution in [2.45, 2.75) is 5.41 Å². The molecule has 274 valence electrons. The maximum absolute atomic E-state index is 5.72. The summed E-state index contributed by atoms with van der Waals surface area (Å²) in [7, 11) is 0. The van der Waals surface area contributed by atoms with E-state index in [2.05, 4.69) is 188 Å². The van der Waals surface area contributed by atoms with Crippen LogP contribution in [0.15, 0.2) is 212 Å². The fraction of sp³-hybridized carbons (Fsp3) is 0.0179. The van der Waals surface area contributed by atoms with Crippen LogP contribution in [0.25, 0.3) is 89.4 Å². The number of fused-ring (bicyclic) bond motifs is 12. The first kappa shape index (κ1) is 33.4. The quantitative estimate of drug-likeness (QED) is 0.176. The van der Waals surface area contributed by atoms with Crippen LogP contribution in [0.5, 0.6) is 0 Å². The predicted molar refractivity (Wildman–Crippen MR) is 241 cm³/mol. The minimum atomic E-state index is -0.476. The van der Waals surface area contributed by atoms with E-state index in [1.807, 2.05) is 24.3 Å². The second-order valence-electron chi connectivity index (χ2n) is 15.5. The van der Waals surface area contributed by atoms with Gasteiger partial charge in [-0.05, 0) is 56.5 Å². The normalized spacial score (nSPS) is 12.9. The molecule has 0 unspecified atom stereocenters. The van der Waals surface area contributed by atoms with Gasteiger partial charge in [0.15, 0.2) is 5.82 Å². The van der Waals surface area contributed by atoms with Crippen LogP contribution in [0.2, 0.25) is 0 Å². The van der Waals surface area contributed by atoms with Gasteiger partial charge in [-0.25, -0.2) is 15.0 Å². The van der Waals surface area contributed by atoms with Crippen molar-refractivity contribution in [1.82, 2.24) is 15.0 Å². The molecule has 2 aliphatic rings. The first-order valence-electron chi connectivity index (χ1n) is 20.2. The lowest BCUT2D eigenvalue weighted by atomic mass is 9.69. The Morgan fingerprint density at radius 3 is 1.44 bits per heavy atom. The molecule has 0 fully saturated rings. The summed E-state index contributed by atoms with van der Waals surface area (Å²) in [5.41, 5.74) is 18.6. The van der Waals surface area contributed by atoms with Gasteiger partial charge in [0, 0.05) is 38.8 Å². The first-order valence-corrected chi connectivity index (χ1v) is 20.2. The van der Waals surface area contributed by atoms with Crippen LogP contribution in [-0.4, -0.2) is 15.0 Å². The minimum Gasteiger partial charge on any atom is -0.247 e. The van der Waals surface area contributed by atoms with Gasteiger partial charge < -0.3 is 0 Å². The summed E-state index contributed by atoms with van der Waals surface area (Å²) in [6, 6.07) is 75.9. The molecule has 2 heterocycles. The van der Waals surface area contributed by atoms with Crippen LogP contribution >= 0.6 is 0 Å². The summed E-state index contributed by atoms with van der Waals surface area (Å²) < 4.78 is 0. The van der Waals surface area contributed by atoms with Gasteiger partial charge in [-0.2, -0.15) is 0 Å². The third-order valence-corrected chi connectivity index (χ3v) is 12.3. The molecule has 3 heteroatoms. The molecule has 0 saturated carbocycles. The molecule has 8 aromatic carbocycles. The van der Waals surface area contributed by atoms with Crippen molar-refractivity contribution in [2.24, 2.45) is 0 Å². The monoisotopic (exact) mass is 749 g/mol. The van der Waals surface area contributed by atoms with Gasteiger partial charge in [-0.1, -0.05) is 200 Å². The Morgan fingerprint density at radius 1 is 0.288 bits per heavy atom. The van der Waals surface area contributed by atoms with Crippen LogP contribution < -0.4 is 0 Å². The predicted octanol–water partition coefficient (Wildman–Crippen LogP) is 13.7. The maximum Gasteiger partial charge on any atom is 0.160 e. The number of pyridine rings is 1. The molecule has 3 nitrogen and oxygen atoms in total. The Morgan fingerprint density at radius 2 is 0.763 bits per heavy atom. The average molecular weight is 750 g/mol. The van der Waals surface area contributed by atoms with Gasteiger partial charge in [0.05, 0.1) is 28.2 Å². The summed E-state index contributed by atoms with van der Waals surface area (Å²) >= 11 is 0. The molecule has 2 aromatic heterocycles. The molecular weight excluding hydrogens is 715 g/mol. The van der Waals surface area contributed by atoms with Crippen LogP contribution in [0.3, 0.4) is 0 Å². The summed E-state index contributed by atoms with van der Waals surface area (Å²) in [6.07, 6.45) is 0. The van der Waals surface area contributed by atoms with E-state index in [9.17, 15) is 0 Å². The number of benzene rings is 8. The third-order valence-electron chi connectivity index (χ3n) is 12.3. The zero-order chi connectivity index (χ0) is 38.9. The standard InChI is InChI=1S/C56H35N3/c1-3-16-36(17-4-1)37-30-32-38(33-31-37)50-35-51(58-55(57-50)39-18-5-2-6-19-39)40-20-15-21-41(34-40)53-45-25-8-7-24-44(45)52-54(59-53)46-26-11-14-29-49(46)56(52)47-27-12-9-22-42(47)43-23-10-13-28-48(43)56/h1-35H. The highest BCUT2D eigenvalue weighted by molar-refractivity contribution is 6.07. The topological polar surface area (TPSA) is 38.7 Å². The van der Waals surface area contributed by atoms with Crippen LogP contribution in [0, 0.1) is 0 Å². The summed E-state index contributed by atoms with van der Waals surface area (Å²) in [4.78, 5) is 16.1. The molecule has 0 atom stereocenters. The highest BCUT2D eigenvalue weighted by Gasteiger charge is 2.53. The SMILES string of the molecule is c1ccc(-c2ccc(-c3cc(-c4cccc(-c5nc6c(c7ccccc57)C5(c7ccccc7-c7ccccc75)c5ccccc5-6)c4)nc(-c4ccccc4)n3)cc2)cc1. The first-order chi connectivity index (χ1) is 29.3. The molecule has 0 radical (unpaired) electrons. The van der Waals surface area contributed by atoms with Crippen LogP contribution in [-0.2, 0) is 5.41 Å². The van der Waals surface area contributed by atoms with E-state index in [0.29, 0.717) is 5.82 Å². The number of rotatable bonds is 5. The van der Waals surface area contributed by atoms with E-state index in [4.69, 9.17) is 15.0 Å². The largest absolute Gasteiger partial charge is 0.247 e. The van der Waals surface area contributed by atoms with Gasteiger partial charge in [-0.15, -0.1) is 0 Å². The van der Waals surface area contributed by atoms with Crippen molar-refractivity contribution in [3.8, 4) is 78.7 Å². The molecule has 59 heavy (non-hydrogen) atoms. The average Bonchev–Trinajstić information content (AvgIpc) is 3.79. The van der Waals surface area contributed by atoms with Crippen molar-refractivity contribution >= 4 is 10.8 Å². The summed E-state index contributed by atoms with van der Waals surface area (Å²) in [5.74, 6) is 0.691. The van der Waals surface area contributed by atoms with E-state index in [1.165, 1.54) is 55.5 Å². The fourth-order valence-electron chi connectivity index (χ4n) is 9.75. The van der Waals surface area contributed by atoms with Crippen LogP contribution in [0.1, 0.15) is 22.3 Å². The Bertz CT molecular complexity index is 3210. The lowest BCUT2D eigenvalue weighted by Gasteiger charge is -2.31. The van der Waals surface area contributed by atoms with Gasteiger partial charge in [0.2, 0.25) is 0 Å². The minimum absolute atomic E-state index is 0.476. The van der Waals surface area contributed by atoms with Gasteiger partial charge >= 0.3 is 0 Å². The van der Waals surface area contributed by atoms with Gasteiger partial charge in [0.25, 0.3) is 0 Å². The molecule has 12 rings (SSSR count). The fourth-order valence-corrected chi connectivity index (χ4v) is 9.75. The third kappa shape index (κ3) is 5.05. The molecule has 0 aliphatic heterocycles. The molecule has 10 aromatic rings. The maximum atomic E-state index is 5.72. The van der Waals surface area contributed by atoms with Crippen molar-refractivity contribution in [1.29, 1.82) is 0 Å². The molecule has 1 spiro atoms. The molecule has 0 N–H and O–H groups in total. The highest BCUT2D eigenvalue weighted by atomic mass is 14.9. The van der Waals surface area contributed by atoms with E-state index < -0.39 is 5.41 Å². The van der Waals surface area contributed by atoms with Crippen molar-refractivity contribution in [3.63, 3.8) is 0 Å². The van der Waals surface area contributed by atoms with E-state index >= 15 is 0 Å². The molecule has 0 bridgehead atoms. The lowest BCUT2D eigenvalue weighted by molar-refractivity contribution is 0.799. The van der Waals surface area contributed by atoms with E-state index in [0.717, 1.165) is 50.4 Å². The molecule has 2 aliphatic carbocycles. The zero-order valence-corrected chi connectivity index (χ0v) is 32.0. The Kier molecular flexibility index (Phi) is 7.45. The van der Waals surface area contributed by atoms with Crippen molar-refractivity contribution in [2.75, 3.05) is 0 Å². The number of hydrogen-bond acceptors (Lipinski definition) is 3. The second kappa shape index (κ2) is 13.2. The Labute approximate surface area is 343 Å².